The van der Waals surface area contributed by atoms with E-state index in [0.29, 0.717) is 12.5 Å². The number of hydrogen-bond donors (Lipinski definition) is 2. The molecule has 0 aromatic carbocycles. The summed E-state index contributed by atoms with van der Waals surface area (Å²) in [6, 6.07) is 0. The van der Waals surface area contributed by atoms with Crippen LogP contribution in [0.1, 0.15) is 5.01 Å². The second-order valence-electron chi connectivity index (χ2n) is 3.49. The molecule has 94 valence electrons. The summed E-state index contributed by atoms with van der Waals surface area (Å²) in [5, 5.41) is 8.92. The molecule has 0 saturated carbocycles. The summed E-state index contributed by atoms with van der Waals surface area (Å²) in [5.74, 6) is 0.595. The standard InChI is InChI=1S/C10H17N5OS/c1-11-10(14-7-9(16)15(2)3)13-6-8-12-4-5-17-8/h4-5H,6-7H2,1-3H3,(H2,11,13,14). The summed E-state index contributed by atoms with van der Waals surface area (Å²) in [6.45, 7) is 0.831. The van der Waals surface area contributed by atoms with Gasteiger partial charge in [-0.05, 0) is 0 Å². The van der Waals surface area contributed by atoms with Gasteiger partial charge < -0.3 is 15.5 Å². The van der Waals surface area contributed by atoms with Gasteiger partial charge in [0.05, 0.1) is 13.1 Å². The lowest BCUT2D eigenvalue weighted by molar-refractivity contribution is -0.127. The maximum absolute atomic E-state index is 11.4. The quantitative estimate of drug-likeness (QED) is 0.582. The van der Waals surface area contributed by atoms with Crippen molar-refractivity contribution in [1.82, 2.24) is 20.5 Å². The number of carbonyl (C=O) groups is 1. The summed E-state index contributed by atoms with van der Waals surface area (Å²) < 4.78 is 0. The van der Waals surface area contributed by atoms with Gasteiger partial charge in [-0.3, -0.25) is 9.79 Å². The minimum Gasteiger partial charge on any atom is -0.350 e. The minimum absolute atomic E-state index is 0.00204. The highest BCUT2D eigenvalue weighted by atomic mass is 32.1. The number of guanidine groups is 1. The van der Waals surface area contributed by atoms with Gasteiger partial charge in [0.15, 0.2) is 5.96 Å². The molecule has 0 atom stereocenters. The number of amides is 1. The number of thiazole rings is 1. The lowest BCUT2D eigenvalue weighted by Crippen LogP contribution is -2.42. The number of aliphatic imine (C=N–C) groups is 1. The Kier molecular flexibility index (Phi) is 5.41. The Morgan fingerprint density at radius 1 is 1.53 bits per heavy atom. The Hall–Kier alpha value is -1.63. The van der Waals surface area contributed by atoms with E-state index in [1.807, 2.05) is 5.38 Å². The van der Waals surface area contributed by atoms with E-state index in [0.717, 1.165) is 5.01 Å². The third-order valence-corrected chi connectivity index (χ3v) is 2.80. The van der Waals surface area contributed by atoms with E-state index in [-0.39, 0.29) is 12.5 Å². The molecule has 0 aliphatic rings. The molecule has 0 radical (unpaired) electrons. The SMILES string of the molecule is CN=C(NCC(=O)N(C)C)NCc1nccs1. The van der Waals surface area contributed by atoms with Gasteiger partial charge in [0, 0.05) is 32.7 Å². The van der Waals surface area contributed by atoms with Crippen molar-refractivity contribution in [1.29, 1.82) is 0 Å². The van der Waals surface area contributed by atoms with Crippen LogP contribution in [0.4, 0.5) is 0 Å². The first kappa shape index (κ1) is 13.4. The average molecular weight is 255 g/mol. The molecule has 0 unspecified atom stereocenters. The lowest BCUT2D eigenvalue weighted by Gasteiger charge is -2.13. The zero-order chi connectivity index (χ0) is 12.7. The van der Waals surface area contributed by atoms with Crippen LogP contribution in [0.15, 0.2) is 16.6 Å². The summed E-state index contributed by atoms with van der Waals surface area (Å²) in [6.07, 6.45) is 1.76. The van der Waals surface area contributed by atoms with E-state index in [9.17, 15) is 4.79 Å². The number of likely N-dealkylation sites (N-methyl/N-ethyl adjacent to an activating group) is 1. The van der Waals surface area contributed by atoms with Gasteiger partial charge in [0.25, 0.3) is 0 Å². The van der Waals surface area contributed by atoms with Gasteiger partial charge in [-0.15, -0.1) is 11.3 Å². The number of carbonyl (C=O) groups excluding carboxylic acids is 1. The Morgan fingerprint density at radius 3 is 2.82 bits per heavy atom. The molecule has 1 aromatic heterocycles. The third-order valence-electron chi connectivity index (χ3n) is 2.02. The van der Waals surface area contributed by atoms with Crippen LogP contribution >= 0.6 is 11.3 Å². The first-order valence-corrected chi connectivity index (χ1v) is 6.04. The molecular weight excluding hydrogens is 238 g/mol. The highest BCUT2D eigenvalue weighted by molar-refractivity contribution is 7.09. The molecule has 1 amide bonds. The van der Waals surface area contributed by atoms with Gasteiger partial charge >= 0.3 is 0 Å². The van der Waals surface area contributed by atoms with E-state index in [1.54, 1.807) is 38.7 Å². The first-order valence-electron chi connectivity index (χ1n) is 5.16. The van der Waals surface area contributed by atoms with E-state index in [1.165, 1.54) is 4.90 Å². The summed E-state index contributed by atoms with van der Waals surface area (Å²) in [4.78, 5) is 21.1. The molecule has 0 aliphatic heterocycles. The number of aromatic nitrogens is 1. The molecule has 2 N–H and O–H groups in total. The predicted octanol–water partition coefficient (Wildman–Crippen LogP) is -0.104. The Balaban J connectivity index is 2.32. The Morgan fingerprint density at radius 2 is 2.29 bits per heavy atom. The van der Waals surface area contributed by atoms with Gasteiger partial charge in [-0.1, -0.05) is 0 Å². The molecule has 0 aliphatic carbocycles. The molecule has 0 fully saturated rings. The van der Waals surface area contributed by atoms with Crippen molar-refractivity contribution in [2.75, 3.05) is 27.7 Å². The van der Waals surface area contributed by atoms with Crippen LogP contribution in [-0.2, 0) is 11.3 Å². The fraction of sp³-hybridized carbons (Fsp3) is 0.500. The maximum atomic E-state index is 11.4. The molecule has 0 bridgehead atoms. The van der Waals surface area contributed by atoms with Crippen LogP contribution < -0.4 is 10.6 Å². The van der Waals surface area contributed by atoms with Gasteiger partial charge in [0.1, 0.15) is 5.01 Å². The maximum Gasteiger partial charge on any atom is 0.241 e. The molecule has 17 heavy (non-hydrogen) atoms. The molecule has 1 aromatic rings. The molecular formula is C10H17N5OS. The van der Waals surface area contributed by atoms with Crippen molar-refractivity contribution in [2.24, 2.45) is 4.99 Å². The topological polar surface area (TPSA) is 69.6 Å². The second kappa shape index (κ2) is 6.85. The smallest absolute Gasteiger partial charge is 0.241 e. The summed E-state index contributed by atoms with van der Waals surface area (Å²) in [5.41, 5.74) is 0. The Labute approximate surface area is 105 Å². The van der Waals surface area contributed by atoms with Crippen LogP contribution in [0, 0.1) is 0 Å². The largest absolute Gasteiger partial charge is 0.350 e. The normalized spacial score (nSPS) is 11.1. The molecule has 0 spiro atoms. The van der Waals surface area contributed by atoms with Crippen LogP contribution in [-0.4, -0.2) is 49.4 Å². The summed E-state index contributed by atoms with van der Waals surface area (Å²) >= 11 is 1.57. The molecule has 1 rings (SSSR count). The first-order chi connectivity index (χ1) is 8.13. The molecule has 0 saturated heterocycles. The van der Waals surface area contributed by atoms with E-state index in [4.69, 9.17) is 0 Å². The predicted molar refractivity (Wildman–Crippen MR) is 69.0 cm³/mol. The third kappa shape index (κ3) is 4.81. The number of hydrogen-bond acceptors (Lipinski definition) is 4. The van der Waals surface area contributed by atoms with Crippen molar-refractivity contribution < 1.29 is 4.79 Å². The fourth-order valence-corrected chi connectivity index (χ4v) is 1.59. The van der Waals surface area contributed by atoms with Gasteiger partial charge in [-0.25, -0.2) is 4.98 Å². The van der Waals surface area contributed by atoms with Crippen molar-refractivity contribution in [2.45, 2.75) is 6.54 Å². The van der Waals surface area contributed by atoms with E-state index >= 15 is 0 Å². The van der Waals surface area contributed by atoms with E-state index < -0.39 is 0 Å². The van der Waals surface area contributed by atoms with Crippen LogP contribution in [0.3, 0.4) is 0 Å². The molecule has 1 heterocycles. The Bertz CT molecular complexity index is 374. The summed E-state index contributed by atoms with van der Waals surface area (Å²) in [7, 11) is 5.10. The van der Waals surface area contributed by atoms with Crippen LogP contribution in [0.5, 0.6) is 0 Å². The van der Waals surface area contributed by atoms with Crippen molar-refractivity contribution in [3.63, 3.8) is 0 Å². The number of rotatable bonds is 4. The van der Waals surface area contributed by atoms with Crippen molar-refractivity contribution in [3.05, 3.63) is 16.6 Å². The van der Waals surface area contributed by atoms with Crippen LogP contribution in [0.2, 0.25) is 0 Å². The zero-order valence-corrected chi connectivity index (χ0v) is 11.0. The van der Waals surface area contributed by atoms with Gasteiger partial charge in [-0.2, -0.15) is 0 Å². The zero-order valence-electron chi connectivity index (χ0n) is 10.2. The van der Waals surface area contributed by atoms with E-state index in [2.05, 4.69) is 20.6 Å². The fourth-order valence-electron chi connectivity index (χ4n) is 1.04. The minimum atomic E-state index is 0.00204. The van der Waals surface area contributed by atoms with Crippen molar-refractivity contribution >= 4 is 23.2 Å². The van der Waals surface area contributed by atoms with Crippen LogP contribution in [0.25, 0.3) is 0 Å². The molecule has 7 heteroatoms. The lowest BCUT2D eigenvalue weighted by atomic mass is 10.5. The number of nitrogens with zero attached hydrogens (tertiary/aromatic N) is 3. The monoisotopic (exact) mass is 255 g/mol. The van der Waals surface area contributed by atoms with Crippen molar-refractivity contribution in [3.8, 4) is 0 Å². The van der Waals surface area contributed by atoms with Gasteiger partial charge in [0.2, 0.25) is 5.91 Å². The molecule has 6 nitrogen and oxygen atoms in total. The average Bonchev–Trinajstić information content (AvgIpc) is 2.81. The highest BCUT2D eigenvalue weighted by Crippen LogP contribution is 2.02. The number of nitrogens with one attached hydrogen (secondary N) is 2. The second-order valence-corrected chi connectivity index (χ2v) is 4.47. The highest BCUT2D eigenvalue weighted by Gasteiger charge is 2.05.